The molecule has 1 rings (SSSR count). The summed E-state index contributed by atoms with van der Waals surface area (Å²) < 4.78 is 5.56. The first-order valence-corrected chi connectivity index (χ1v) is 5.66. The molecule has 0 aliphatic heterocycles. The van der Waals surface area contributed by atoms with Gasteiger partial charge in [0.2, 0.25) is 0 Å². The number of hydrogen-bond acceptors (Lipinski definition) is 1. The van der Waals surface area contributed by atoms with Crippen molar-refractivity contribution in [3.63, 3.8) is 0 Å². The van der Waals surface area contributed by atoms with Gasteiger partial charge in [0.15, 0.2) is 0 Å². The van der Waals surface area contributed by atoms with Crippen molar-refractivity contribution in [1.29, 1.82) is 0 Å². The van der Waals surface area contributed by atoms with Gasteiger partial charge in [-0.25, -0.2) is 0 Å². The summed E-state index contributed by atoms with van der Waals surface area (Å²) >= 11 is 3.53. The summed E-state index contributed by atoms with van der Waals surface area (Å²) in [5.41, 5.74) is 0. The van der Waals surface area contributed by atoms with Gasteiger partial charge in [-0.3, -0.25) is 0 Å². The first kappa shape index (κ1) is 9.53. The van der Waals surface area contributed by atoms with Crippen molar-refractivity contribution in [3.05, 3.63) is 0 Å². The zero-order valence-electron chi connectivity index (χ0n) is 7.18. The Bertz CT molecular complexity index is 97.7. The summed E-state index contributed by atoms with van der Waals surface area (Å²) in [6, 6.07) is 0. The SMILES string of the molecule is CCOC1CCC(CBr)CC1. The molecule has 0 saturated heterocycles. The first-order chi connectivity index (χ1) is 5.36. The second-order valence-electron chi connectivity index (χ2n) is 3.25. The molecule has 0 bridgehead atoms. The highest BCUT2D eigenvalue weighted by Crippen LogP contribution is 2.27. The minimum Gasteiger partial charge on any atom is -0.379 e. The van der Waals surface area contributed by atoms with E-state index in [1.54, 1.807) is 0 Å². The fourth-order valence-electron chi connectivity index (χ4n) is 1.69. The van der Waals surface area contributed by atoms with E-state index in [0.717, 1.165) is 12.5 Å². The Morgan fingerprint density at radius 2 is 1.91 bits per heavy atom. The normalized spacial score (nSPS) is 32.2. The van der Waals surface area contributed by atoms with E-state index in [4.69, 9.17) is 4.74 Å². The molecule has 1 aliphatic rings. The second-order valence-corrected chi connectivity index (χ2v) is 3.90. The molecule has 0 spiro atoms. The molecule has 2 heteroatoms. The van der Waals surface area contributed by atoms with Gasteiger partial charge in [-0.2, -0.15) is 0 Å². The van der Waals surface area contributed by atoms with Crippen molar-refractivity contribution < 1.29 is 4.74 Å². The van der Waals surface area contributed by atoms with E-state index in [0.29, 0.717) is 6.10 Å². The molecule has 1 fully saturated rings. The van der Waals surface area contributed by atoms with E-state index < -0.39 is 0 Å². The summed E-state index contributed by atoms with van der Waals surface area (Å²) in [7, 11) is 0. The lowest BCUT2D eigenvalue weighted by atomic mass is 9.89. The number of ether oxygens (including phenoxy) is 1. The Hall–Kier alpha value is 0.440. The van der Waals surface area contributed by atoms with Crippen LogP contribution in [0.3, 0.4) is 0 Å². The number of alkyl halides is 1. The molecule has 0 unspecified atom stereocenters. The highest BCUT2D eigenvalue weighted by atomic mass is 79.9. The molecule has 0 N–H and O–H groups in total. The van der Waals surface area contributed by atoms with Crippen LogP contribution in [0.15, 0.2) is 0 Å². The maximum atomic E-state index is 5.56. The summed E-state index contributed by atoms with van der Waals surface area (Å²) in [5.74, 6) is 0.909. The lowest BCUT2D eigenvalue weighted by Gasteiger charge is -2.26. The predicted molar refractivity (Wildman–Crippen MR) is 51.2 cm³/mol. The van der Waals surface area contributed by atoms with Gasteiger partial charge in [0.1, 0.15) is 0 Å². The zero-order valence-corrected chi connectivity index (χ0v) is 8.77. The lowest BCUT2D eigenvalue weighted by Crippen LogP contribution is -2.22. The maximum Gasteiger partial charge on any atom is 0.0575 e. The molecule has 0 atom stereocenters. The Balaban J connectivity index is 2.14. The van der Waals surface area contributed by atoms with Crippen molar-refractivity contribution in [3.8, 4) is 0 Å². The molecule has 0 radical (unpaired) electrons. The van der Waals surface area contributed by atoms with E-state index in [2.05, 4.69) is 22.9 Å². The van der Waals surface area contributed by atoms with Gasteiger partial charge in [-0.15, -0.1) is 0 Å². The average Bonchev–Trinajstić information content (AvgIpc) is 2.07. The fourth-order valence-corrected chi connectivity index (χ4v) is 2.34. The van der Waals surface area contributed by atoms with Crippen LogP contribution in [-0.4, -0.2) is 18.0 Å². The van der Waals surface area contributed by atoms with Crippen molar-refractivity contribution in [2.45, 2.75) is 38.7 Å². The van der Waals surface area contributed by atoms with Crippen LogP contribution < -0.4 is 0 Å². The van der Waals surface area contributed by atoms with Gasteiger partial charge >= 0.3 is 0 Å². The van der Waals surface area contributed by atoms with Crippen molar-refractivity contribution in [2.75, 3.05) is 11.9 Å². The Morgan fingerprint density at radius 1 is 1.27 bits per heavy atom. The van der Waals surface area contributed by atoms with Gasteiger partial charge in [0.05, 0.1) is 6.10 Å². The zero-order chi connectivity index (χ0) is 8.10. The van der Waals surface area contributed by atoms with Crippen molar-refractivity contribution in [2.24, 2.45) is 5.92 Å². The monoisotopic (exact) mass is 220 g/mol. The van der Waals surface area contributed by atoms with E-state index in [1.807, 2.05) is 0 Å². The molecule has 11 heavy (non-hydrogen) atoms. The molecule has 1 aliphatic carbocycles. The third-order valence-electron chi connectivity index (χ3n) is 2.41. The van der Waals surface area contributed by atoms with Crippen LogP contribution >= 0.6 is 15.9 Å². The van der Waals surface area contributed by atoms with Crippen LogP contribution in [0.2, 0.25) is 0 Å². The number of halogens is 1. The summed E-state index contributed by atoms with van der Waals surface area (Å²) in [5, 5.41) is 1.17. The molecule has 1 saturated carbocycles. The van der Waals surface area contributed by atoms with Crippen LogP contribution in [0.25, 0.3) is 0 Å². The van der Waals surface area contributed by atoms with Gasteiger partial charge in [0, 0.05) is 11.9 Å². The van der Waals surface area contributed by atoms with Crippen LogP contribution in [-0.2, 0) is 4.74 Å². The maximum absolute atomic E-state index is 5.56. The van der Waals surface area contributed by atoms with Crippen LogP contribution in [0.1, 0.15) is 32.6 Å². The quantitative estimate of drug-likeness (QED) is 0.665. The highest BCUT2D eigenvalue weighted by Gasteiger charge is 2.19. The molecule has 0 aromatic rings. The summed E-state index contributed by atoms with van der Waals surface area (Å²) in [6.45, 7) is 2.96. The third kappa shape index (κ3) is 3.12. The van der Waals surface area contributed by atoms with Gasteiger partial charge in [0.25, 0.3) is 0 Å². The molecule has 0 aromatic heterocycles. The average molecular weight is 221 g/mol. The molecule has 0 heterocycles. The Labute approximate surface area is 77.6 Å². The standard InChI is InChI=1S/C9H17BrO/c1-2-11-9-5-3-8(7-10)4-6-9/h8-9H,2-7H2,1H3. The topological polar surface area (TPSA) is 9.23 Å². The number of rotatable bonds is 3. The molecule has 66 valence electrons. The van der Waals surface area contributed by atoms with Crippen molar-refractivity contribution >= 4 is 15.9 Å². The van der Waals surface area contributed by atoms with Crippen LogP contribution in [0.4, 0.5) is 0 Å². The number of hydrogen-bond donors (Lipinski definition) is 0. The molecule has 0 aromatic carbocycles. The first-order valence-electron chi connectivity index (χ1n) is 4.54. The summed E-state index contributed by atoms with van der Waals surface area (Å²) in [6.07, 6.45) is 5.79. The van der Waals surface area contributed by atoms with Gasteiger partial charge in [-0.1, -0.05) is 15.9 Å². The molecular formula is C9H17BrO. The van der Waals surface area contributed by atoms with Gasteiger partial charge < -0.3 is 4.74 Å². The van der Waals surface area contributed by atoms with Crippen LogP contribution in [0, 0.1) is 5.92 Å². The molecule has 1 nitrogen and oxygen atoms in total. The lowest BCUT2D eigenvalue weighted by molar-refractivity contribution is 0.0282. The minimum atomic E-state index is 0.565. The van der Waals surface area contributed by atoms with E-state index >= 15 is 0 Å². The molecule has 0 amide bonds. The summed E-state index contributed by atoms with van der Waals surface area (Å²) in [4.78, 5) is 0. The van der Waals surface area contributed by atoms with Gasteiger partial charge in [-0.05, 0) is 38.5 Å². The predicted octanol–water partition coefficient (Wildman–Crippen LogP) is 2.98. The van der Waals surface area contributed by atoms with E-state index in [9.17, 15) is 0 Å². The van der Waals surface area contributed by atoms with E-state index in [1.165, 1.54) is 31.0 Å². The van der Waals surface area contributed by atoms with E-state index in [-0.39, 0.29) is 0 Å². The largest absolute Gasteiger partial charge is 0.379 e. The fraction of sp³-hybridized carbons (Fsp3) is 1.00. The third-order valence-corrected chi connectivity index (χ3v) is 3.33. The Kier molecular flexibility index (Phi) is 4.46. The molecular weight excluding hydrogens is 204 g/mol. The smallest absolute Gasteiger partial charge is 0.0575 e. The highest BCUT2D eigenvalue weighted by molar-refractivity contribution is 9.09. The van der Waals surface area contributed by atoms with Crippen LogP contribution in [0.5, 0.6) is 0 Å². The second kappa shape index (κ2) is 5.15. The minimum absolute atomic E-state index is 0.565. The van der Waals surface area contributed by atoms with Crippen molar-refractivity contribution in [1.82, 2.24) is 0 Å². The Morgan fingerprint density at radius 3 is 2.36 bits per heavy atom.